The molecule has 0 bridgehead atoms. The van der Waals surface area contributed by atoms with Crippen LogP contribution >= 0.6 is 11.6 Å². The predicted octanol–water partition coefficient (Wildman–Crippen LogP) is 3.27. The van der Waals surface area contributed by atoms with Gasteiger partial charge in [0.15, 0.2) is 0 Å². The van der Waals surface area contributed by atoms with Crippen molar-refractivity contribution < 1.29 is 14.7 Å². The lowest BCUT2D eigenvalue weighted by Gasteiger charge is -2.37. The number of carbonyl (C=O) groups excluding carboxylic acids is 1. The maximum Gasteiger partial charge on any atom is 0.311 e. The average Bonchev–Trinajstić information content (AvgIpc) is 3.08. The minimum atomic E-state index is -0.868. The molecule has 5 nitrogen and oxygen atoms in total. The van der Waals surface area contributed by atoms with Crippen molar-refractivity contribution >= 4 is 29.2 Å². The number of aliphatic carboxylic acids is 1. The topological polar surface area (TPSA) is 60.9 Å². The first kappa shape index (κ1) is 17.1. The maximum absolute atomic E-state index is 12.8. The van der Waals surface area contributed by atoms with Crippen molar-refractivity contribution in [2.45, 2.75) is 32.6 Å². The molecular weight excluding hydrogens is 328 g/mol. The van der Waals surface area contributed by atoms with Gasteiger partial charge in [-0.1, -0.05) is 11.6 Å². The van der Waals surface area contributed by atoms with Crippen molar-refractivity contribution in [3.63, 3.8) is 0 Å². The van der Waals surface area contributed by atoms with E-state index in [0.29, 0.717) is 30.0 Å². The standard InChI is InChI=1S/C18H23ClN2O3/c1-18(17(23)24)7-4-10-21(12-18)16(22)13-5-6-15(14(19)11-13)20-8-2-3-9-20/h5-6,11H,2-4,7-10,12H2,1H3,(H,23,24)/t18-/m0/s1. The smallest absolute Gasteiger partial charge is 0.311 e. The summed E-state index contributed by atoms with van der Waals surface area (Å²) in [5.41, 5.74) is 0.630. The predicted molar refractivity (Wildman–Crippen MR) is 93.8 cm³/mol. The van der Waals surface area contributed by atoms with Crippen LogP contribution in [-0.4, -0.2) is 48.1 Å². The Morgan fingerprint density at radius 1 is 1.17 bits per heavy atom. The summed E-state index contributed by atoms with van der Waals surface area (Å²) in [6.45, 7) is 4.53. The van der Waals surface area contributed by atoms with Crippen molar-refractivity contribution in [1.29, 1.82) is 0 Å². The summed E-state index contributed by atoms with van der Waals surface area (Å²) in [5.74, 6) is -0.987. The highest BCUT2D eigenvalue weighted by Crippen LogP contribution is 2.33. The molecule has 1 aromatic rings. The Labute approximate surface area is 147 Å². The summed E-state index contributed by atoms with van der Waals surface area (Å²) in [5, 5.41) is 9.99. The highest BCUT2D eigenvalue weighted by atomic mass is 35.5. The van der Waals surface area contributed by atoms with Crippen LogP contribution in [-0.2, 0) is 4.79 Å². The number of benzene rings is 1. The monoisotopic (exact) mass is 350 g/mol. The molecular formula is C18H23ClN2O3. The maximum atomic E-state index is 12.8. The number of carboxylic acid groups (broad SMARTS) is 1. The Balaban J connectivity index is 1.77. The zero-order chi connectivity index (χ0) is 17.3. The number of carboxylic acids is 1. The minimum Gasteiger partial charge on any atom is -0.481 e. The third-order valence-corrected chi connectivity index (χ3v) is 5.44. The summed E-state index contributed by atoms with van der Waals surface area (Å²) < 4.78 is 0. The third kappa shape index (κ3) is 3.22. The molecule has 3 rings (SSSR count). The number of rotatable bonds is 3. The van der Waals surface area contributed by atoms with E-state index in [-0.39, 0.29) is 12.5 Å². The molecule has 0 aromatic heterocycles. The van der Waals surface area contributed by atoms with Crippen LogP contribution in [0.3, 0.4) is 0 Å². The molecule has 1 aromatic carbocycles. The lowest BCUT2D eigenvalue weighted by Crippen LogP contribution is -2.48. The average molecular weight is 351 g/mol. The molecule has 2 fully saturated rings. The van der Waals surface area contributed by atoms with Gasteiger partial charge in [-0.2, -0.15) is 0 Å². The van der Waals surface area contributed by atoms with Crippen LogP contribution in [0.25, 0.3) is 0 Å². The normalized spacial score (nSPS) is 24.2. The van der Waals surface area contributed by atoms with Gasteiger partial charge in [0.25, 0.3) is 5.91 Å². The van der Waals surface area contributed by atoms with Crippen LogP contribution in [0.1, 0.15) is 43.0 Å². The van der Waals surface area contributed by atoms with Gasteiger partial charge in [0.2, 0.25) is 0 Å². The van der Waals surface area contributed by atoms with E-state index in [4.69, 9.17) is 11.6 Å². The molecule has 1 amide bonds. The van der Waals surface area contributed by atoms with E-state index in [1.165, 1.54) is 12.8 Å². The Morgan fingerprint density at radius 2 is 1.88 bits per heavy atom. The van der Waals surface area contributed by atoms with Crippen LogP contribution in [0.4, 0.5) is 5.69 Å². The van der Waals surface area contributed by atoms with E-state index in [0.717, 1.165) is 18.8 Å². The van der Waals surface area contributed by atoms with Crippen LogP contribution in [0.15, 0.2) is 18.2 Å². The number of nitrogens with zero attached hydrogens (tertiary/aromatic N) is 2. The number of likely N-dealkylation sites (tertiary alicyclic amines) is 1. The van der Waals surface area contributed by atoms with E-state index >= 15 is 0 Å². The Bertz CT molecular complexity index is 658. The van der Waals surface area contributed by atoms with Gasteiger partial charge in [0, 0.05) is 31.7 Å². The molecule has 0 unspecified atom stereocenters. The van der Waals surface area contributed by atoms with Gasteiger partial charge < -0.3 is 14.9 Å². The second kappa shape index (κ2) is 6.63. The number of hydrogen-bond acceptors (Lipinski definition) is 3. The van der Waals surface area contributed by atoms with Gasteiger partial charge in [-0.15, -0.1) is 0 Å². The van der Waals surface area contributed by atoms with E-state index in [1.54, 1.807) is 24.0 Å². The van der Waals surface area contributed by atoms with Crippen molar-refractivity contribution in [2.24, 2.45) is 5.41 Å². The summed E-state index contributed by atoms with van der Waals surface area (Å²) in [6.07, 6.45) is 3.63. The molecule has 2 aliphatic rings. The molecule has 1 N–H and O–H groups in total. The first-order chi connectivity index (χ1) is 11.4. The van der Waals surface area contributed by atoms with Gasteiger partial charge in [0.05, 0.1) is 16.1 Å². The van der Waals surface area contributed by atoms with Crippen LogP contribution < -0.4 is 4.90 Å². The van der Waals surface area contributed by atoms with Gasteiger partial charge in [-0.05, 0) is 50.8 Å². The summed E-state index contributed by atoms with van der Waals surface area (Å²) in [4.78, 5) is 28.1. The Hall–Kier alpha value is -1.75. The molecule has 0 spiro atoms. The summed E-state index contributed by atoms with van der Waals surface area (Å²) in [7, 11) is 0. The Kier molecular flexibility index (Phi) is 4.72. The zero-order valence-corrected chi connectivity index (χ0v) is 14.7. The molecule has 2 heterocycles. The van der Waals surface area contributed by atoms with Crippen molar-refractivity contribution in [1.82, 2.24) is 4.90 Å². The first-order valence-corrected chi connectivity index (χ1v) is 8.86. The van der Waals surface area contributed by atoms with Crippen LogP contribution in [0.5, 0.6) is 0 Å². The third-order valence-electron chi connectivity index (χ3n) is 5.14. The number of hydrogen-bond donors (Lipinski definition) is 1. The van der Waals surface area contributed by atoms with Gasteiger partial charge in [-0.25, -0.2) is 0 Å². The van der Waals surface area contributed by atoms with Crippen molar-refractivity contribution in [2.75, 3.05) is 31.1 Å². The van der Waals surface area contributed by atoms with E-state index in [1.807, 2.05) is 6.07 Å². The SMILES string of the molecule is C[C@]1(C(=O)O)CCCN(C(=O)c2ccc(N3CCCC3)c(Cl)c2)C1. The fraction of sp³-hybridized carbons (Fsp3) is 0.556. The number of halogens is 1. The van der Waals surface area contributed by atoms with Gasteiger partial charge in [0.1, 0.15) is 0 Å². The number of anilines is 1. The fourth-order valence-corrected chi connectivity index (χ4v) is 3.92. The second-order valence-corrected chi connectivity index (χ2v) is 7.46. The number of amides is 1. The minimum absolute atomic E-state index is 0.142. The Morgan fingerprint density at radius 3 is 2.50 bits per heavy atom. The largest absolute Gasteiger partial charge is 0.481 e. The number of piperidine rings is 1. The molecule has 0 radical (unpaired) electrons. The molecule has 6 heteroatoms. The molecule has 2 saturated heterocycles. The lowest BCUT2D eigenvalue weighted by molar-refractivity contribution is -0.150. The number of carbonyl (C=O) groups is 2. The van der Waals surface area contributed by atoms with Gasteiger partial charge >= 0.3 is 5.97 Å². The van der Waals surface area contributed by atoms with Crippen molar-refractivity contribution in [3.05, 3.63) is 28.8 Å². The zero-order valence-electron chi connectivity index (χ0n) is 13.9. The van der Waals surface area contributed by atoms with E-state index < -0.39 is 11.4 Å². The highest BCUT2D eigenvalue weighted by molar-refractivity contribution is 6.33. The lowest BCUT2D eigenvalue weighted by atomic mass is 9.82. The second-order valence-electron chi connectivity index (χ2n) is 7.06. The van der Waals surface area contributed by atoms with E-state index in [9.17, 15) is 14.7 Å². The van der Waals surface area contributed by atoms with Crippen molar-refractivity contribution in [3.8, 4) is 0 Å². The van der Waals surface area contributed by atoms with E-state index in [2.05, 4.69) is 4.90 Å². The molecule has 2 aliphatic heterocycles. The molecule has 24 heavy (non-hydrogen) atoms. The van der Waals surface area contributed by atoms with Crippen LogP contribution in [0, 0.1) is 5.41 Å². The highest BCUT2D eigenvalue weighted by Gasteiger charge is 2.39. The molecule has 1 atom stereocenters. The van der Waals surface area contributed by atoms with Crippen LogP contribution in [0.2, 0.25) is 5.02 Å². The quantitative estimate of drug-likeness (QED) is 0.908. The summed E-state index contributed by atoms with van der Waals surface area (Å²) >= 11 is 6.39. The molecule has 0 saturated carbocycles. The van der Waals surface area contributed by atoms with Gasteiger partial charge in [-0.3, -0.25) is 9.59 Å². The fourth-order valence-electron chi connectivity index (χ4n) is 3.62. The molecule has 0 aliphatic carbocycles. The first-order valence-electron chi connectivity index (χ1n) is 8.48. The summed E-state index contributed by atoms with van der Waals surface area (Å²) in [6, 6.07) is 5.42. The molecule has 130 valence electrons.